The first-order valence-electron chi connectivity index (χ1n) is 8.85. The van der Waals surface area contributed by atoms with E-state index in [2.05, 4.69) is 10.4 Å². The molecular formula is C21H25N3O4. The van der Waals surface area contributed by atoms with Crippen LogP contribution in [-0.2, 0) is 16.1 Å². The molecule has 0 unspecified atom stereocenters. The molecule has 3 aromatic rings. The van der Waals surface area contributed by atoms with Crippen LogP contribution in [0.25, 0.3) is 10.9 Å². The summed E-state index contributed by atoms with van der Waals surface area (Å²) in [5.41, 5.74) is 5.96. The Bertz CT molecular complexity index is 932. The number of hydrogen-bond donors (Lipinski definition) is 3. The number of H-pyrrole nitrogens is 1. The molecule has 0 atom stereocenters. The second-order valence-electron chi connectivity index (χ2n) is 6.03. The van der Waals surface area contributed by atoms with Crippen molar-refractivity contribution in [3.05, 3.63) is 65.4 Å². The minimum absolute atomic E-state index is 0.200. The number of aromatic amines is 1. The van der Waals surface area contributed by atoms with Crippen LogP contribution < -0.4 is 16.0 Å². The number of methoxy groups -OCH3 is 1. The lowest BCUT2D eigenvalue weighted by Gasteiger charge is -2.01. The molecule has 0 saturated heterocycles. The van der Waals surface area contributed by atoms with Gasteiger partial charge in [0.2, 0.25) is 0 Å². The van der Waals surface area contributed by atoms with Crippen LogP contribution in [0.15, 0.2) is 48.7 Å². The van der Waals surface area contributed by atoms with Crippen LogP contribution in [0.1, 0.15) is 28.4 Å². The molecule has 1 heterocycles. The Labute approximate surface area is 163 Å². The Kier molecular flexibility index (Phi) is 7.74. The SMILES string of the molecule is CCOC(=O)C(=O)c1c[nH]c2ccc(C)cc12.COc1ccc(CNN)cc1. The second-order valence-corrected chi connectivity index (χ2v) is 6.03. The normalized spacial score (nSPS) is 10.1. The van der Waals surface area contributed by atoms with Crippen LogP contribution in [0.3, 0.4) is 0 Å². The fraction of sp³-hybridized carbons (Fsp3) is 0.238. The van der Waals surface area contributed by atoms with Gasteiger partial charge in [-0.2, -0.15) is 0 Å². The van der Waals surface area contributed by atoms with Gasteiger partial charge in [0, 0.05) is 23.6 Å². The van der Waals surface area contributed by atoms with Gasteiger partial charge in [-0.3, -0.25) is 16.1 Å². The molecule has 0 aliphatic heterocycles. The Morgan fingerprint density at radius 3 is 2.46 bits per heavy atom. The number of ketones is 1. The smallest absolute Gasteiger partial charge is 0.379 e. The van der Waals surface area contributed by atoms with Crippen molar-refractivity contribution in [1.29, 1.82) is 0 Å². The molecule has 0 fully saturated rings. The third-order valence-electron chi connectivity index (χ3n) is 4.01. The lowest BCUT2D eigenvalue weighted by Crippen LogP contribution is -2.20. The van der Waals surface area contributed by atoms with Crippen molar-refractivity contribution >= 4 is 22.7 Å². The van der Waals surface area contributed by atoms with E-state index in [1.54, 1.807) is 20.2 Å². The fourth-order valence-electron chi connectivity index (χ4n) is 2.59. The molecule has 4 N–H and O–H groups in total. The summed E-state index contributed by atoms with van der Waals surface area (Å²) >= 11 is 0. The molecule has 7 heteroatoms. The van der Waals surface area contributed by atoms with Gasteiger partial charge in [0.05, 0.1) is 19.3 Å². The number of nitrogens with one attached hydrogen (secondary N) is 2. The highest BCUT2D eigenvalue weighted by molar-refractivity contribution is 6.43. The molecule has 3 rings (SSSR count). The van der Waals surface area contributed by atoms with E-state index < -0.39 is 11.8 Å². The third-order valence-corrected chi connectivity index (χ3v) is 4.01. The zero-order valence-corrected chi connectivity index (χ0v) is 16.2. The van der Waals surface area contributed by atoms with E-state index in [0.717, 1.165) is 27.8 Å². The summed E-state index contributed by atoms with van der Waals surface area (Å²) in [6.07, 6.45) is 1.54. The van der Waals surface area contributed by atoms with Gasteiger partial charge in [-0.1, -0.05) is 23.8 Å². The molecule has 0 saturated carbocycles. The molecule has 1 aromatic heterocycles. The van der Waals surface area contributed by atoms with Gasteiger partial charge in [0.25, 0.3) is 5.78 Å². The van der Waals surface area contributed by atoms with Crippen molar-refractivity contribution in [1.82, 2.24) is 10.4 Å². The third kappa shape index (κ3) is 5.42. The van der Waals surface area contributed by atoms with Gasteiger partial charge in [0.15, 0.2) is 0 Å². The fourth-order valence-corrected chi connectivity index (χ4v) is 2.59. The van der Waals surface area contributed by atoms with Crippen LogP contribution >= 0.6 is 0 Å². The zero-order valence-electron chi connectivity index (χ0n) is 16.2. The number of esters is 1. The second kappa shape index (κ2) is 10.2. The number of carbonyl (C=O) groups is 2. The summed E-state index contributed by atoms with van der Waals surface area (Å²) < 4.78 is 9.70. The topological polar surface area (TPSA) is 106 Å². The molecule has 28 heavy (non-hydrogen) atoms. The minimum Gasteiger partial charge on any atom is -0.497 e. The number of carbonyl (C=O) groups excluding carboxylic acids is 2. The van der Waals surface area contributed by atoms with Crippen LogP contribution in [0.5, 0.6) is 5.75 Å². The van der Waals surface area contributed by atoms with E-state index in [1.165, 1.54) is 0 Å². The molecule has 2 aromatic carbocycles. The average Bonchev–Trinajstić information content (AvgIpc) is 3.12. The van der Waals surface area contributed by atoms with Gasteiger partial charge in [0.1, 0.15) is 5.75 Å². The molecule has 0 aliphatic carbocycles. The van der Waals surface area contributed by atoms with E-state index in [0.29, 0.717) is 12.1 Å². The highest BCUT2D eigenvalue weighted by Crippen LogP contribution is 2.20. The summed E-state index contributed by atoms with van der Waals surface area (Å²) in [5, 5.41) is 0.753. The molecule has 0 bridgehead atoms. The summed E-state index contributed by atoms with van der Waals surface area (Å²) in [6.45, 7) is 4.49. The van der Waals surface area contributed by atoms with E-state index >= 15 is 0 Å². The van der Waals surface area contributed by atoms with E-state index in [1.807, 2.05) is 49.4 Å². The molecule has 0 radical (unpaired) electrons. The van der Waals surface area contributed by atoms with E-state index in [9.17, 15) is 9.59 Å². The standard InChI is InChI=1S/C13H13NO3.C8H12N2O/c1-3-17-13(16)12(15)10-7-14-11-5-4-8(2)6-9(10)11;1-11-8-4-2-7(3-5-8)6-10-9/h4-7,14H,3H2,1-2H3;2-5,10H,6,9H2,1H3. The number of nitrogens with two attached hydrogens (primary N) is 1. The predicted octanol–water partition coefficient (Wildman–Crippen LogP) is 2.88. The van der Waals surface area contributed by atoms with Crippen molar-refractivity contribution in [2.75, 3.05) is 13.7 Å². The van der Waals surface area contributed by atoms with Crippen LogP contribution in [-0.4, -0.2) is 30.5 Å². The number of hydrogen-bond acceptors (Lipinski definition) is 6. The molecule has 148 valence electrons. The number of ether oxygens (including phenoxy) is 2. The van der Waals surface area contributed by atoms with E-state index in [-0.39, 0.29) is 6.61 Å². The number of Topliss-reactive ketones (excluding diaryl/α,β-unsaturated/α-hetero) is 1. The number of aryl methyl sites for hydroxylation is 1. The number of aromatic nitrogens is 1. The lowest BCUT2D eigenvalue weighted by molar-refractivity contribution is -0.137. The highest BCUT2D eigenvalue weighted by Gasteiger charge is 2.20. The molecule has 0 amide bonds. The van der Waals surface area contributed by atoms with Gasteiger partial charge >= 0.3 is 5.97 Å². The van der Waals surface area contributed by atoms with Crippen molar-refractivity contribution in [2.45, 2.75) is 20.4 Å². The first-order valence-corrected chi connectivity index (χ1v) is 8.85. The van der Waals surface area contributed by atoms with Gasteiger partial charge in [-0.25, -0.2) is 4.79 Å². The maximum Gasteiger partial charge on any atom is 0.379 e. The Morgan fingerprint density at radius 1 is 1.14 bits per heavy atom. The quantitative estimate of drug-likeness (QED) is 0.199. The monoisotopic (exact) mass is 383 g/mol. The van der Waals surface area contributed by atoms with Crippen molar-refractivity contribution < 1.29 is 19.1 Å². The largest absolute Gasteiger partial charge is 0.497 e. The first-order chi connectivity index (χ1) is 13.5. The van der Waals surface area contributed by atoms with Crippen LogP contribution in [0.4, 0.5) is 0 Å². The zero-order chi connectivity index (χ0) is 20.5. The van der Waals surface area contributed by atoms with Crippen molar-refractivity contribution in [3.8, 4) is 5.75 Å². The van der Waals surface area contributed by atoms with Crippen LogP contribution in [0.2, 0.25) is 0 Å². The number of hydrazine groups is 1. The van der Waals surface area contributed by atoms with E-state index in [4.69, 9.17) is 15.3 Å². The number of rotatable bonds is 6. The highest BCUT2D eigenvalue weighted by atomic mass is 16.5. The maximum atomic E-state index is 11.8. The molecule has 0 aliphatic rings. The van der Waals surface area contributed by atoms with Crippen LogP contribution in [0, 0.1) is 6.92 Å². The molecule has 0 spiro atoms. The maximum absolute atomic E-state index is 11.8. The van der Waals surface area contributed by atoms with Gasteiger partial charge in [-0.05, 0) is 43.7 Å². The summed E-state index contributed by atoms with van der Waals surface area (Å²) in [6, 6.07) is 13.5. The number of fused-ring (bicyclic) bond motifs is 1. The lowest BCUT2D eigenvalue weighted by atomic mass is 10.1. The summed E-state index contributed by atoms with van der Waals surface area (Å²) in [7, 11) is 1.65. The average molecular weight is 383 g/mol. The Morgan fingerprint density at radius 2 is 1.86 bits per heavy atom. The summed E-state index contributed by atoms with van der Waals surface area (Å²) in [5.74, 6) is 4.60. The molecular weight excluding hydrogens is 358 g/mol. The first kappa shape index (κ1) is 21.1. The Hall–Kier alpha value is -3.16. The van der Waals surface area contributed by atoms with Gasteiger partial charge in [-0.15, -0.1) is 0 Å². The Balaban J connectivity index is 0.000000221. The number of benzene rings is 2. The van der Waals surface area contributed by atoms with Crippen molar-refractivity contribution in [3.63, 3.8) is 0 Å². The predicted molar refractivity (Wildman–Crippen MR) is 108 cm³/mol. The summed E-state index contributed by atoms with van der Waals surface area (Å²) in [4.78, 5) is 26.2. The minimum atomic E-state index is -0.810. The van der Waals surface area contributed by atoms with Gasteiger partial charge < -0.3 is 14.5 Å². The van der Waals surface area contributed by atoms with Crippen molar-refractivity contribution in [2.24, 2.45) is 5.84 Å². The molecule has 7 nitrogen and oxygen atoms in total.